The van der Waals surface area contributed by atoms with Gasteiger partial charge in [0.05, 0.1) is 16.9 Å². The summed E-state index contributed by atoms with van der Waals surface area (Å²) >= 11 is 0. The Bertz CT molecular complexity index is 1300. The lowest BCUT2D eigenvalue weighted by Crippen LogP contribution is -2.42. The number of hydrogen-bond acceptors (Lipinski definition) is 6. The van der Waals surface area contributed by atoms with Crippen molar-refractivity contribution < 1.29 is 28.3 Å². The molecule has 3 N–H and O–H groups in total. The number of nitrogens with one attached hydrogen (secondary N) is 2. The number of benzene rings is 2. The number of hydrogen-bond donors (Lipinski definition) is 3. The Hall–Kier alpha value is -3.54. The molecular formula is C29H37F2N5O4. The minimum Gasteiger partial charge on any atom is -0.473 e. The second-order valence-corrected chi connectivity index (χ2v) is 10.6. The summed E-state index contributed by atoms with van der Waals surface area (Å²) in [6, 6.07) is 12.3. The van der Waals surface area contributed by atoms with Crippen LogP contribution in [0.25, 0.3) is 5.69 Å². The summed E-state index contributed by atoms with van der Waals surface area (Å²) in [7, 11) is 0. The molecule has 1 aromatic heterocycles. The van der Waals surface area contributed by atoms with Crippen LogP contribution in [0.2, 0.25) is 0 Å². The second-order valence-electron chi connectivity index (χ2n) is 10.6. The minimum absolute atomic E-state index is 0.0213. The maximum absolute atomic E-state index is 14.0. The molecule has 0 saturated carbocycles. The van der Waals surface area contributed by atoms with Gasteiger partial charge in [-0.15, -0.1) is 5.10 Å². The Labute approximate surface area is 233 Å². The van der Waals surface area contributed by atoms with Crippen molar-refractivity contribution in [3.05, 3.63) is 71.3 Å². The van der Waals surface area contributed by atoms with Gasteiger partial charge in [-0.1, -0.05) is 31.2 Å². The number of aromatic nitrogens is 2. The molecular weight excluding hydrogens is 520 g/mol. The number of hydroxylamine groups is 2. The van der Waals surface area contributed by atoms with Crippen LogP contribution in [0.15, 0.2) is 48.5 Å². The summed E-state index contributed by atoms with van der Waals surface area (Å²) in [5.74, 6) is -1.16. The van der Waals surface area contributed by atoms with E-state index in [2.05, 4.69) is 15.7 Å². The maximum Gasteiger partial charge on any atom is 0.320 e. The van der Waals surface area contributed by atoms with Gasteiger partial charge in [0.1, 0.15) is 18.5 Å². The van der Waals surface area contributed by atoms with E-state index in [0.717, 1.165) is 24.2 Å². The van der Waals surface area contributed by atoms with Gasteiger partial charge in [-0.25, -0.2) is 18.3 Å². The number of anilines is 1. The van der Waals surface area contributed by atoms with Crippen molar-refractivity contribution >= 4 is 11.8 Å². The number of carbonyl (C=O) groups excluding carboxylic acids is 1. The molecule has 0 radical (unpaired) electrons. The SMILES string of the molecule is CCN1CCCC(NC(=O)Nc2c(C)c(OCC(C)(C)O)nn2-c2ccccc2)CC(c2ccc(F)c(F)c2)O1. The minimum atomic E-state index is -1.06. The van der Waals surface area contributed by atoms with Crippen molar-refractivity contribution in [3.63, 3.8) is 0 Å². The van der Waals surface area contributed by atoms with Crippen LogP contribution in [0.1, 0.15) is 57.3 Å². The largest absolute Gasteiger partial charge is 0.473 e. The molecule has 4 rings (SSSR count). The fraction of sp³-hybridized carbons (Fsp3) is 0.448. The van der Waals surface area contributed by atoms with Gasteiger partial charge in [-0.3, -0.25) is 10.2 Å². The molecule has 3 aromatic rings. The highest BCUT2D eigenvalue weighted by Gasteiger charge is 2.27. The average Bonchev–Trinajstić information content (AvgIpc) is 3.21. The Balaban J connectivity index is 1.54. The quantitative estimate of drug-likeness (QED) is 0.349. The number of ether oxygens (including phenoxy) is 1. The predicted molar refractivity (Wildman–Crippen MR) is 147 cm³/mol. The zero-order valence-corrected chi connectivity index (χ0v) is 23.3. The number of urea groups is 1. The van der Waals surface area contributed by atoms with E-state index in [1.54, 1.807) is 30.5 Å². The van der Waals surface area contributed by atoms with Crippen LogP contribution in [0.3, 0.4) is 0 Å². The summed E-state index contributed by atoms with van der Waals surface area (Å²) in [4.78, 5) is 19.4. The van der Waals surface area contributed by atoms with E-state index in [9.17, 15) is 18.7 Å². The Kier molecular flexibility index (Phi) is 9.39. The van der Waals surface area contributed by atoms with Crippen LogP contribution < -0.4 is 15.4 Å². The smallest absolute Gasteiger partial charge is 0.320 e. The van der Waals surface area contributed by atoms with Crippen LogP contribution >= 0.6 is 0 Å². The molecule has 11 heteroatoms. The summed E-state index contributed by atoms with van der Waals surface area (Å²) in [6.07, 6.45) is 1.24. The Morgan fingerprint density at radius 3 is 2.62 bits per heavy atom. The number of carbonyl (C=O) groups is 1. The van der Waals surface area contributed by atoms with E-state index in [4.69, 9.17) is 9.57 Å². The van der Waals surface area contributed by atoms with Crippen molar-refractivity contribution in [2.75, 3.05) is 25.0 Å². The van der Waals surface area contributed by atoms with Gasteiger partial charge in [0, 0.05) is 25.6 Å². The van der Waals surface area contributed by atoms with E-state index >= 15 is 0 Å². The Morgan fingerprint density at radius 1 is 1.20 bits per heavy atom. The summed E-state index contributed by atoms with van der Waals surface area (Å²) in [6.45, 7) is 8.31. The summed E-state index contributed by atoms with van der Waals surface area (Å²) < 4.78 is 35.0. The van der Waals surface area contributed by atoms with Gasteiger partial charge in [0.2, 0.25) is 5.88 Å². The molecule has 1 aliphatic heterocycles. The first-order valence-corrected chi connectivity index (χ1v) is 13.5. The van der Waals surface area contributed by atoms with E-state index in [1.807, 2.05) is 37.3 Å². The number of halogens is 2. The van der Waals surface area contributed by atoms with Gasteiger partial charge in [0.25, 0.3) is 0 Å². The van der Waals surface area contributed by atoms with Crippen LogP contribution in [-0.2, 0) is 4.84 Å². The zero-order valence-electron chi connectivity index (χ0n) is 23.3. The third-order valence-corrected chi connectivity index (χ3v) is 6.61. The average molecular weight is 558 g/mol. The molecule has 1 aliphatic rings. The van der Waals surface area contributed by atoms with Crippen molar-refractivity contribution in [1.29, 1.82) is 0 Å². The number of nitrogens with zero attached hydrogens (tertiary/aromatic N) is 3. The summed E-state index contributed by atoms with van der Waals surface area (Å²) in [5.41, 5.74) is 0.753. The molecule has 2 unspecified atom stereocenters. The number of aliphatic hydroxyl groups is 1. The lowest BCUT2D eigenvalue weighted by atomic mass is 9.98. The lowest BCUT2D eigenvalue weighted by molar-refractivity contribution is -0.207. The third-order valence-electron chi connectivity index (χ3n) is 6.61. The molecule has 216 valence electrons. The van der Waals surface area contributed by atoms with E-state index in [1.165, 1.54) is 6.07 Å². The summed E-state index contributed by atoms with van der Waals surface area (Å²) in [5, 5.41) is 22.4. The fourth-order valence-corrected chi connectivity index (χ4v) is 4.53. The molecule has 40 heavy (non-hydrogen) atoms. The van der Waals surface area contributed by atoms with Crippen LogP contribution in [0.4, 0.5) is 19.4 Å². The molecule has 9 nitrogen and oxygen atoms in total. The molecule has 0 spiro atoms. The van der Waals surface area contributed by atoms with Gasteiger partial charge < -0.3 is 15.2 Å². The van der Waals surface area contributed by atoms with E-state index in [-0.39, 0.29) is 12.6 Å². The van der Waals surface area contributed by atoms with E-state index < -0.39 is 29.4 Å². The van der Waals surface area contributed by atoms with Crippen LogP contribution in [-0.4, -0.2) is 57.3 Å². The highest BCUT2D eigenvalue weighted by Crippen LogP contribution is 2.31. The second kappa shape index (κ2) is 12.8. The van der Waals surface area contributed by atoms with Crippen molar-refractivity contribution in [2.45, 2.75) is 64.7 Å². The predicted octanol–water partition coefficient (Wildman–Crippen LogP) is 5.28. The standard InChI is InChI=1S/C29H37F2N5O4/c1-5-35-15-9-10-21(17-25(40-35)20-13-14-23(30)24(31)16-20)32-28(37)33-26-19(2)27(39-18-29(3,4)38)34-36(26)22-11-7-6-8-12-22/h6-8,11-14,16,21,25,38H,5,9-10,15,17-18H2,1-4H3,(H2,32,33,37). The first-order chi connectivity index (χ1) is 19.0. The van der Waals surface area contributed by atoms with Crippen LogP contribution in [0.5, 0.6) is 5.88 Å². The first-order valence-electron chi connectivity index (χ1n) is 13.5. The molecule has 2 amide bonds. The molecule has 1 fully saturated rings. The fourth-order valence-electron chi connectivity index (χ4n) is 4.53. The number of para-hydroxylation sites is 1. The number of rotatable bonds is 8. The van der Waals surface area contributed by atoms with Crippen molar-refractivity contribution in [1.82, 2.24) is 20.2 Å². The third kappa shape index (κ3) is 7.56. The highest BCUT2D eigenvalue weighted by atomic mass is 19.2. The maximum atomic E-state index is 14.0. The highest BCUT2D eigenvalue weighted by molar-refractivity contribution is 5.90. The zero-order chi connectivity index (χ0) is 28.9. The molecule has 2 aromatic carbocycles. The lowest BCUT2D eigenvalue weighted by Gasteiger charge is -2.33. The first kappa shape index (κ1) is 29.4. The molecule has 2 heterocycles. The molecule has 0 bridgehead atoms. The Morgan fingerprint density at radius 2 is 1.95 bits per heavy atom. The van der Waals surface area contributed by atoms with Gasteiger partial charge in [-0.2, -0.15) is 5.06 Å². The normalized spacial score (nSPS) is 18.6. The van der Waals surface area contributed by atoms with Gasteiger partial charge in [0.15, 0.2) is 11.6 Å². The monoisotopic (exact) mass is 557 g/mol. The topological polar surface area (TPSA) is 101 Å². The van der Waals surface area contributed by atoms with Crippen molar-refractivity contribution in [2.24, 2.45) is 0 Å². The van der Waals surface area contributed by atoms with Crippen LogP contribution in [0, 0.1) is 18.6 Å². The van der Waals surface area contributed by atoms with Crippen molar-refractivity contribution in [3.8, 4) is 11.6 Å². The molecule has 2 atom stereocenters. The molecule has 0 aliphatic carbocycles. The van der Waals surface area contributed by atoms with Gasteiger partial charge in [-0.05, 0) is 63.4 Å². The van der Waals surface area contributed by atoms with E-state index in [0.29, 0.717) is 48.8 Å². The van der Waals surface area contributed by atoms with Gasteiger partial charge >= 0.3 is 6.03 Å². The molecule has 1 saturated heterocycles. The number of amides is 2.